The highest BCUT2D eigenvalue weighted by Crippen LogP contribution is 2.24. The van der Waals surface area contributed by atoms with Crippen LogP contribution in [-0.2, 0) is 19.6 Å². The van der Waals surface area contributed by atoms with Crippen molar-refractivity contribution in [2.24, 2.45) is 0 Å². The van der Waals surface area contributed by atoms with Crippen LogP contribution in [-0.4, -0.2) is 50.9 Å². The van der Waals surface area contributed by atoms with Gasteiger partial charge in [0, 0.05) is 19.1 Å². The molecule has 8 heteroatoms. The number of ether oxygens (including phenoxy) is 1. The van der Waals surface area contributed by atoms with E-state index in [1.54, 1.807) is 36.1 Å². The molecule has 2 aromatic rings. The predicted molar refractivity (Wildman–Crippen MR) is 123 cm³/mol. The molecule has 1 saturated heterocycles. The zero-order valence-electron chi connectivity index (χ0n) is 18.6. The van der Waals surface area contributed by atoms with Crippen molar-refractivity contribution in [3.8, 4) is 0 Å². The van der Waals surface area contributed by atoms with Gasteiger partial charge in [0.1, 0.15) is 0 Å². The van der Waals surface area contributed by atoms with Gasteiger partial charge in [0.25, 0.3) is 15.9 Å². The van der Waals surface area contributed by atoms with Gasteiger partial charge in [-0.2, -0.15) is 0 Å². The molecule has 1 aliphatic rings. The number of amides is 1. The molecule has 0 radical (unpaired) electrons. The molecule has 0 aromatic heterocycles. The molecule has 1 fully saturated rings. The third kappa shape index (κ3) is 5.30. The molecule has 1 heterocycles. The van der Waals surface area contributed by atoms with E-state index in [1.165, 1.54) is 28.6 Å². The first-order valence-electron chi connectivity index (χ1n) is 11.0. The fraction of sp³-hybridized carbons (Fsp3) is 0.417. The van der Waals surface area contributed by atoms with Crippen LogP contribution in [0, 0.1) is 0 Å². The number of carbonyl (C=O) groups excluding carboxylic acids is 2. The van der Waals surface area contributed by atoms with Crippen molar-refractivity contribution in [1.29, 1.82) is 0 Å². The van der Waals surface area contributed by atoms with Gasteiger partial charge in [0.15, 0.2) is 6.61 Å². The molecule has 2 aromatic carbocycles. The number of hydrogen-bond donors (Lipinski definition) is 0. The van der Waals surface area contributed by atoms with Gasteiger partial charge in [-0.25, -0.2) is 13.2 Å². The normalized spacial score (nSPS) is 16.4. The molecule has 0 bridgehead atoms. The molecule has 32 heavy (non-hydrogen) atoms. The Morgan fingerprint density at radius 3 is 2.50 bits per heavy atom. The van der Waals surface area contributed by atoms with Crippen LogP contribution in [0.4, 0.5) is 5.69 Å². The van der Waals surface area contributed by atoms with Crippen molar-refractivity contribution in [1.82, 2.24) is 4.90 Å². The van der Waals surface area contributed by atoms with Gasteiger partial charge in [0.2, 0.25) is 0 Å². The number of benzene rings is 2. The van der Waals surface area contributed by atoms with Gasteiger partial charge in [0.05, 0.1) is 16.1 Å². The maximum Gasteiger partial charge on any atom is 0.338 e. The minimum absolute atomic E-state index is 0.00828. The number of esters is 1. The van der Waals surface area contributed by atoms with Gasteiger partial charge in [-0.1, -0.05) is 31.2 Å². The molecule has 1 amide bonds. The number of carbonyl (C=O) groups is 2. The maximum absolute atomic E-state index is 13.2. The average molecular weight is 459 g/mol. The first-order chi connectivity index (χ1) is 15.4. The molecule has 7 nitrogen and oxygen atoms in total. The molecule has 1 atom stereocenters. The molecule has 3 rings (SSSR count). The standard InChI is InChI=1S/C24H30N2O5S/c1-3-20-12-8-9-16-25(20)23(27)18-31-24(28)19-11-10-15-22(17-19)32(29,30)26(4-2)21-13-6-5-7-14-21/h5-7,10-11,13-15,17,20H,3-4,8-9,12,16,18H2,1-2H3. The van der Waals surface area contributed by atoms with E-state index in [4.69, 9.17) is 4.74 Å². The van der Waals surface area contributed by atoms with Crippen molar-refractivity contribution < 1.29 is 22.7 Å². The zero-order chi connectivity index (χ0) is 23.1. The van der Waals surface area contributed by atoms with E-state index in [2.05, 4.69) is 0 Å². The monoisotopic (exact) mass is 458 g/mol. The highest BCUT2D eigenvalue weighted by atomic mass is 32.2. The van der Waals surface area contributed by atoms with Crippen LogP contribution in [0.2, 0.25) is 0 Å². The molecular formula is C24H30N2O5S. The minimum atomic E-state index is -3.87. The Labute approximate surface area is 190 Å². The van der Waals surface area contributed by atoms with Crippen molar-refractivity contribution in [2.75, 3.05) is 24.0 Å². The lowest BCUT2D eigenvalue weighted by Crippen LogP contribution is -2.45. The lowest BCUT2D eigenvalue weighted by molar-refractivity contribution is -0.138. The number of likely N-dealkylation sites (tertiary alicyclic amines) is 1. The molecule has 0 N–H and O–H groups in total. The summed E-state index contributed by atoms with van der Waals surface area (Å²) < 4.78 is 32.9. The summed E-state index contributed by atoms with van der Waals surface area (Å²) in [5.74, 6) is -0.932. The van der Waals surface area contributed by atoms with Gasteiger partial charge >= 0.3 is 5.97 Å². The van der Waals surface area contributed by atoms with E-state index in [1.807, 2.05) is 13.0 Å². The number of rotatable bonds is 8. The van der Waals surface area contributed by atoms with Crippen LogP contribution < -0.4 is 4.31 Å². The van der Waals surface area contributed by atoms with Gasteiger partial charge in [-0.3, -0.25) is 9.10 Å². The fourth-order valence-electron chi connectivity index (χ4n) is 4.04. The summed E-state index contributed by atoms with van der Waals surface area (Å²) >= 11 is 0. The number of anilines is 1. The van der Waals surface area contributed by atoms with Crippen molar-refractivity contribution in [3.05, 3.63) is 60.2 Å². The first kappa shape index (κ1) is 23.8. The molecule has 0 spiro atoms. The summed E-state index contributed by atoms with van der Waals surface area (Å²) in [5, 5.41) is 0. The fourth-order valence-corrected chi connectivity index (χ4v) is 5.56. The van der Waals surface area contributed by atoms with Gasteiger partial charge < -0.3 is 9.64 Å². The Morgan fingerprint density at radius 1 is 1.06 bits per heavy atom. The summed E-state index contributed by atoms with van der Waals surface area (Å²) in [6.07, 6.45) is 3.88. The van der Waals surface area contributed by atoms with Crippen LogP contribution in [0.1, 0.15) is 49.9 Å². The Hall–Kier alpha value is -2.87. The summed E-state index contributed by atoms with van der Waals surface area (Å²) in [6.45, 7) is 4.36. The number of hydrogen-bond acceptors (Lipinski definition) is 5. The van der Waals surface area contributed by atoms with Crippen molar-refractivity contribution in [2.45, 2.75) is 50.5 Å². The molecular weight excluding hydrogens is 428 g/mol. The second kappa shape index (κ2) is 10.6. The van der Waals surface area contributed by atoms with E-state index in [0.717, 1.165) is 25.7 Å². The van der Waals surface area contributed by atoms with Crippen molar-refractivity contribution >= 4 is 27.6 Å². The number of nitrogens with zero attached hydrogens (tertiary/aromatic N) is 2. The molecule has 0 aliphatic carbocycles. The number of sulfonamides is 1. The third-order valence-corrected chi connectivity index (χ3v) is 7.63. The van der Waals surface area contributed by atoms with E-state index >= 15 is 0 Å². The molecule has 1 aliphatic heterocycles. The minimum Gasteiger partial charge on any atom is -0.452 e. The lowest BCUT2D eigenvalue weighted by atomic mass is 10.00. The van der Waals surface area contributed by atoms with E-state index in [9.17, 15) is 18.0 Å². The van der Waals surface area contributed by atoms with Crippen LogP contribution in [0.15, 0.2) is 59.5 Å². The van der Waals surface area contributed by atoms with Crippen LogP contribution in [0.5, 0.6) is 0 Å². The summed E-state index contributed by atoms with van der Waals surface area (Å²) in [7, 11) is -3.87. The Kier molecular flexibility index (Phi) is 7.90. The quantitative estimate of drug-likeness (QED) is 0.561. The summed E-state index contributed by atoms with van der Waals surface area (Å²) in [6, 6.07) is 14.7. The van der Waals surface area contributed by atoms with Crippen LogP contribution in [0.25, 0.3) is 0 Å². The van der Waals surface area contributed by atoms with E-state index in [-0.39, 0.29) is 35.6 Å². The number of piperidine rings is 1. The summed E-state index contributed by atoms with van der Waals surface area (Å²) in [5.41, 5.74) is 0.634. The van der Waals surface area contributed by atoms with Crippen LogP contribution >= 0.6 is 0 Å². The second-order valence-corrected chi connectivity index (χ2v) is 9.62. The van der Waals surface area contributed by atoms with E-state index in [0.29, 0.717) is 12.2 Å². The van der Waals surface area contributed by atoms with E-state index < -0.39 is 16.0 Å². The largest absolute Gasteiger partial charge is 0.452 e. The van der Waals surface area contributed by atoms with Crippen molar-refractivity contribution in [3.63, 3.8) is 0 Å². The van der Waals surface area contributed by atoms with Gasteiger partial charge in [-0.05, 0) is 62.9 Å². The Morgan fingerprint density at radius 2 is 1.81 bits per heavy atom. The SMILES string of the molecule is CCC1CCCCN1C(=O)COC(=O)c1cccc(S(=O)(=O)N(CC)c2ccccc2)c1. The first-order valence-corrected chi connectivity index (χ1v) is 12.5. The van der Waals surface area contributed by atoms with Crippen LogP contribution in [0.3, 0.4) is 0 Å². The average Bonchev–Trinajstić information content (AvgIpc) is 2.83. The maximum atomic E-state index is 13.2. The highest BCUT2D eigenvalue weighted by Gasteiger charge is 2.27. The zero-order valence-corrected chi connectivity index (χ0v) is 19.4. The molecule has 1 unspecified atom stereocenters. The molecule has 0 saturated carbocycles. The topological polar surface area (TPSA) is 84.0 Å². The Bertz CT molecular complexity index is 1040. The highest BCUT2D eigenvalue weighted by molar-refractivity contribution is 7.92. The third-order valence-electron chi connectivity index (χ3n) is 5.73. The summed E-state index contributed by atoms with van der Waals surface area (Å²) in [4.78, 5) is 26.9. The van der Waals surface area contributed by atoms with Gasteiger partial charge in [-0.15, -0.1) is 0 Å². The molecule has 172 valence electrons. The number of para-hydroxylation sites is 1. The lowest BCUT2D eigenvalue weighted by Gasteiger charge is -2.35. The predicted octanol–water partition coefficient (Wildman–Crippen LogP) is 3.85. The smallest absolute Gasteiger partial charge is 0.338 e. The second-order valence-electron chi connectivity index (χ2n) is 7.75. The Balaban J connectivity index is 1.72.